The van der Waals surface area contributed by atoms with E-state index in [0.717, 1.165) is 25.2 Å². The Hall–Kier alpha value is -1.87. The minimum Gasteiger partial charge on any atom is -0.299 e. The Morgan fingerprint density at radius 2 is 2.58 bits per heavy atom. The average molecular weight is 279 g/mol. The van der Waals surface area contributed by atoms with Crippen molar-refractivity contribution >= 4 is 22.4 Å². The second kappa shape index (κ2) is 5.41. The van der Waals surface area contributed by atoms with Crippen LogP contribution in [0.25, 0.3) is 0 Å². The summed E-state index contributed by atoms with van der Waals surface area (Å²) < 4.78 is 0. The van der Waals surface area contributed by atoms with Crippen LogP contribution in [0.15, 0.2) is 11.8 Å². The average Bonchev–Trinajstić information content (AvgIpc) is 3.09. The van der Waals surface area contributed by atoms with Gasteiger partial charge in [0.25, 0.3) is 0 Å². The van der Waals surface area contributed by atoms with Crippen LogP contribution in [0.3, 0.4) is 0 Å². The molecule has 2 aromatic heterocycles. The molecule has 1 atom stereocenters. The van der Waals surface area contributed by atoms with Crippen molar-refractivity contribution in [3.8, 4) is 0 Å². The van der Waals surface area contributed by atoms with Crippen LogP contribution in [-0.4, -0.2) is 49.3 Å². The minimum atomic E-state index is -0.0804. The molecule has 1 fully saturated rings. The third-order valence-corrected chi connectivity index (χ3v) is 3.67. The van der Waals surface area contributed by atoms with Gasteiger partial charge in [-0.2, -0.15) is 5.10 Å². The van der Waals surface area contributed by atoms with E-state index >= 15 is 0 Å². The van der Waals surface area contributed by atoms with Crippen molar-refractivity contribution in [2.75, 3.05) is 18.4 Å². The molecule has 0 aliphatic carbocycles. The molecule has 0 bridgehead atoms. The number of amides is 1. The van der Waals surface area contributed by atoms with Crippen molar-refractivity contribution < 1.29 is 4.79 Å². The summed E-state index contributed by atoms with van der Waals surface area (Å²) in [6.07, 6.45) is 3.53. The van der Waals surface area contributed by atoms with Gasteiger partial charge in [-0.1, -0.05) is 11.3 Å². The second-order valence-corrected chi connectivity index (χ2v) is 5.12. The smallest absolute Gasteiger partial charge is 0.240 e. The highest BCUT2D eigenvalue weighted by atomic mass is 32.1. The molecule has 0 unspecified atom stereocenters. The van der Waals surface area contributed by atoms with Crippen LogP contribution in [0.1, 0.15) is 24.7 Å². The number of aromatic nitrogens is 5. The summed E-state index contributed by atoms with van der Waals surface area (Å²) in [5.41, 5.74) is 1.59. The molecule has 100 valence electrons. The maximum absolute atomic E-state index is 11.9. The van der Waals surface area contributed by atoms with Gasteiger partial charge in [0, 0.05) is 0 Å². The molecule has 3 rings (SSSR count). The summed E-state index contributed by atoms with van der Waals surface area (Å²) in [6, 6.07) is 0.141. The summed E-state index contributed by atoms with van der Waals surface area (Å²) in [7, 11) is 0. The zero-order chi connectivity index (χ0) is 13.1. The van der Waals surface area contributed by atoms with E-state index in [2.05, 4.69) is 35.6 Å². The van der Waals surface area contributed by atoms with Gasteiger partial charge < -0.3 is 0 Å². The molecule has 2 aromatic rings. The van der Waals surface area contributed by atoms with Crippen molar-refractivity contribution in [2.24, 2.45) is 0 Å². The Kier molecular flexibility index (Phi) is 3.47. The lowest BCUT2D eigenvalue weighted by Gasteiger charge is -2.21. The monoisotopic (exact) mass is 279 g/mol. The highest BCUT2D eigenvalue weighted by Crippen LogP contribution is 2.28. The quantitative estimate of drug-likeness (QED) is 0.842. The summed E-state index contributed by atoms with van der Waals surface area (Å²) in [4.78, 5) is 18.2. The molecule has 3 heterocycles. The topological polar surface area (TPSA) is 99.7 Å². The maximum atomic E-state index is 11.9. The van der Waals surface area contributed by atoms with Gasteiger partial charge in [-0.05, 0) is 19.4 Å². The number of nitrogens with one attached hydrogen (secondary N) is 2. The molecule has 1 aliphatic rings. The Balaban J connectivity index is 1.61. The van der Waals surface area contributed by atoms with Crippen LogP contribution in [0.4, 0.5) is 5.13 Å². The van der Waals surface area contributed by atoms with E-state index < -0.39 is 0 Å². The van der Waals surface area contributed by atoms with Crippen LogP contribution in [0.5, 0.6) is 0 Å². The van der Waals surface area contributed by atoms with Gasteiger partial charge in [-0.25, -0.2) is 4.98 Å². The first kappa shape index (κ1) is 12.2. The van der Waals surface area contributed by atoms with Crippen molar-refractivity contribution in [1.82, 2.24) is 30.3 Å². The van der Waals surface area contributed by atoms with Gasteiger partial charge in [0.05, 0.1) is 12.6 Å². The molecule has 1 aliphatic heterocycles. The summed E-state index contributed by atoms with van der Waals surface area (Å²) in [5, 5.41) is 17.5. The first-order valence-corrected chi connectivity index (χ1v) is 6.86. The van der Waals surface area contributed by atoms with Crippen molar-refractivity contribution in [3.63, 3.8) is 0 Å². The first-order chi connectivity index (χ1) is 9.33. The molecular weight excluding hydrogens is 266 g/mol. The number of carbonyl (C=O) groups excluding carboxylic acids is 1. The standard InChI is InChI=1S/C10H13N7OS/c18-8(14-10-16-13-6-19-10)4-17-3-1-2-7(17)9-11-5-12-15-9/h5-7H,1-4H2,(H,11,12,15)(H,14,16,18)/t7-/m0/s1. The van der Waals surface area contributed by atoms with Gasteiger partial charge in [-0.15, -0.1) is 10.2 Å². The van der Waals surface area contributed by atoms with E-state index in [-0.39, 0.29) is 11.9 Å². The molecule has 0 radical (unpaired) electrons. The SMILES string of the molecule is O=C(CN1CCC[C@H]1c1ncn[nH]1)Nc1nncs1. The van der Waals surface area contributed by atoms with Gasteiger partial charge in [0.2, 0.25) is 11.0 Å². The normalized spacial score (nSPS) is 19.7. The number of hydrogen-bond acceptors (Lipinski definition) is 7. The van der Waals surface area contributed by atoms with E-state index in [1.165, 1.54) is 17.7 Å². The lowest BCUT2D eigenvalue weighted by Crippen LogP contribution is -2.33. The molecular formula is C10H13N7OS. The van der Waals surface area contributed by atoms with Crippen molar-refractivity contribution in [3.05, 3.63) is 17.7 Å². The fourth-order valence-corrected chi connectivity index (χ4v) is 2.73. The van der Waals surface area contributed by atoms with Gasteiger partial charge in [0.15, 0.2) is 0 Å². The van der Waals surface area contributed by atoms with Crippen molar-refractivity contribution in [2.45, 2.75) is 18.9 Å². The zero-order valence-electron chi connectivity index (χ0n) is 10.1. The number of H-pyrrole nitrogens is 1. The van der Waals surface area contributed by atoms with Crippen LogP contribution in [0, 0.1) is 0 Å². The maximum Gasteiger partial charge on any atom is 0.240 e. The second-order valence-electron chi connectivity index (χ2n) is 4.29. The molecule has 0 saturated carbocycles. The third-order valence-electron chi connectivity index (χ3n) is 3.07. The van der Waals surface area contributed by atoms with E-state index in [0.29, 0.717) is 11.7 Å². The number of aromatic amines is 1. The van der Waals surface area contributed by atoms with Gasteiger partial charge in [0.1, 0.15) is 17.7 Å². The predicted molar refractivity (Wildman–Crippen MR) is 68.5 cm³/mol. The number of likely N-dealkylation sites (tertiary alicyclic amines) is 1. The largest absolute Gasteiger partial charge is 0.299 e. The van der Waals surface area contributed by atoms with Crippen LogP contribution in [0.2, 0.25) is 0 Å². The lowest BCUT2D eigenvalue weighted by atomic mass is 10.2. The van der Waals surface area contributed by atoms with E-state index in [1.54, 1.807) is 5.51 Å². The van der Waals surface area contributed by atoms with Gasteiger partial charge in [-0.3, -0.25) is 20.1 Å². The molecule has 1 saturated heterocycles. The number of carbonyl (C=O) groups is 1. The summed E-state index contributed by atoms with van der Waals surface area (Å²) in [6.45, 7) is 1.21. The van der Waals surface area contributed by atoms with Crippen molar-refractivity contribution in [1.29, 1.82) is 0 Å². The minimum absolute atomic E-state index is 0.0804. The Morgan fingerprint density at radius 1 is 1.63 bits per heavy atom. The van der Waals surface area contributed by atoms with Crippen LogP contribution in [-0.2, 0) is 4.79 Å². The molecule has 9 heteroatoms. The molecule has 1 amide bonds. The highest BCUT2D eigenvalue weighted by Gasteiger charge is 2.29. The predicted octanol–water partition coefficient (Wildman–Crippen LogP) is 0.432. The zero-order valence-corrected chi connectivity index (χ0v) is 10.9. The number of rotatable bonds is 4. The third kappa shape index (κ3) is 2.76. The van der Waals surface area contributed by atoms with Crippen LogP contribution >= 0.6 is 11.3 Å². The molecule has 8 nitrogen and oxygen atoms in total. The number of anilines is 1. The summed E-state index contributed by atoms with van der Waals surface area (Å²) >= 11 is 1.31. The lowest BCUT2D eigenvalue weighted by molar-refractivity contribution is -0.117. The molecule has 2 N–H and O–H groups in total. The van der Waals surface area contributed by atoms with Crippen LogP contribution < -0.4 is 5.32 Å². The fourth-order valence-electron chi connectivity index (χ4n) is 2.27. The van der Waals surface area contributed by atoms with E-state index in [1.807, 2.05) is 0 Å². The Labute approximate surface area is 113 Å². The molecule has 19 heavy (non-hydrogen) atoms. The Morgan fingerprint density at radius 3 is 3.32 bits per heavy atom. The highest BCUT2D eigenvalue weighted by molar-refractivity contribution is 7.13. The van der Waals surface area contributed by atoms with E-state index in [9.17, 15) is 4.79 Å². The molecule has 0 spiro atoms. The van der Waals surface area contributed by atoms with E-state index in [4.69, 9.17) is 0 Å². The van der Waals surface area contributed by atoms with Gasteiger partial charge >= 0.3 is 0 Å². The summed E-state index contributed by atoms with van der Waals surface area (Å²) in [5.74, 6) is 0.740. The number of hydrogen-bond donors (Lipinski definition) is 2. The molecule has 0 aromatic carbocycles. The first-order valence-electron chi connectivity index (χ1n) is 5.98. The Bertz CT molecular complexity index is 526. The fraction of sp³-hybridized carbons (Fsp3) is 0.500. The number of nitrogens with zero attached hydrogens (tertiary/aromatic N) is 5.